The third-order valence-corrected chi connectivity index (χ3v) is 4.87. The van der Waals surface area contributed by atoms with Gasteiger partial charge in [-0.1, -0.05) is 12.1 Å². The molecule has 1 atom stereocenters. The van der Waals surface area contributed by atoms with E-state index in [4.69, 9.17) is 0 Å². The minimum Gasteiger partial charge on any atom is -0.341 e. The number of nitrogens with zero attached hydrogens (tertiary/aromatic N) is 1. The molecule has 1 aliphatic rings. The molecule has 1 aliphatic heterocycles. The Morgan fingerprint density at radius 2 is 1.75 bits per heavy atom. The summed E-state index contributed by atoms with van der Waals surface area (Å²) in [6, 6.07) is 9.57. The fraction of sp³-hybridized carbons (Fsp3) is 0.318. The second-order valence-electron chi connectivity index (χ2n) is 7.56. The summed E-state index contributed by atoms with van der Waals surface area (Å²) in [5.41, 5.74) is -0.363. The van der Waals surface area contributed by atoms with Crippen molar-refractivity contribution in [3.8, 4) is 0 Å². The maximum atomic E-state index is 12.8. The molecule has 1 saturated heterocycles. The second kappa shape index (κ2) is 9.71. The first kappa shape index (κ1) is 23.1. The SMILES string of the molecule is CC(CN1CCCC1=O)NC(=O)Nc1cccc(C(=O)Nc2cccc(C(F)(F)F)c2)c1. The number of rotatable bonds is 6. The highest BCUT2D eigenvalue weighted by atomic mass is 19.4. The summed E-state index contributed by atoms with van der Waals surface area (Å²) in [5, 5.41) is 7.77. The van der Waals surface area contributed by atoms with E-state index in [0.29, 0.717) is 25.2 Å². The Kier molecular flexibility index (Phi) is 7.01. The van der Waals surface area contributed by atoms with Crippen LogP contribution in [0.2, 0.25) is 0 Å². The van der Waals surface area contributed by atoms with Gasteiger partial charge >= 0.3 is 12.2 Å². The number of carbonyl (C=O) groups is 3. The van der Waals surface area contributed by atoms with Crippen molar-refractivity contribution in [2.75, 3.05) is 23.7 Å². The minimum atomic E-state index is -4.52. The standard InChI is InChI=1S/C22H23F3N4O3/c1-14(13-29-10-4-9-19(29)30)26-21(32)28-17-7-2-5-15(11-17)20(31)27-18-8-3-6-16(12-18)22(23,24)25/h2-3,5-8,11-12,14H,4,9-10,13H2,1H3,(H,27,31)(H2,26,28,32). The average Bonchev–Trinajstić information content (AvgIpc) is 3.12. The van der Waals surface area contributed by atoms with Crippen molar-refractivity contribution in [2.24, 2.45) is 0 Å². The van der Waals surface area contributed by atoms with Gasteiger partial charge in [0.25, 0.3) is 5.91 Å². The summed E-state index contributed by atoms with van der Waals surface area (Å²) in [5.74, 6) is -0.548. The Balaban J connectivity index is 1.58. The monoisotopic (exact) mass is 448 g/mol. The molecule has 1 heterocycles. The molecule has 1 fully saturated rings. The highest BCUT2D eigenvalue weighted by Gasteiger charge is 2.30. The Hall–Kier alpha value is -3.56. The maximum absolute atomic E-state index is 12.8. The molecule has 7 nitrogen and oxygen atoms in total. The molecule has 3 rings (SSSR count). The van der Waals surface area contributed by atoms with E-state index < -0.39 is 23.7 Å². The van der Waals surface area contributed by atoms with Gasteiger partial charge in [-0.15, -0.1) is 0 Å². The summed E-state index contributed by atoms with van der Waals surface area (Å²) < 4.78 is 38.5. The van der Waals surface area contributed by atoms with Crippen molar-refractivity contribution in [3.05, 3.63) is 59.7 Å². The van der Waals surface area contributed by atoms with Gasteiger partial charge in [0.2, 0.25) is 5.91 Å². The van der Waals surface area contributed by atoms with Crippen LogP contribution in [0, 0.1) is 0 Å². The number of urea groups is 1. The predicted molar refractivity (Wildman–Crippen MR) is 113 cm³/mol. The zero-order chi connectivity index (χ0) is 23.3. The Bertz CT molecular complexity index is 1010. The van der Waals surface area contributed by atoms with E-state index in [-0.39, 0.29) is 23.2 Å². The molecule has 2 aromatic rings. The topological polar surface area (TPSA) is 90.5 Å². The first-order chi connectivity index (χ1) is 15.1. The fourth-order valence-corrected chi connectivity index (χ4v) is 3.38. The molecular formula is C22H23F3N4O3. The van der Waals surface area contributed by atoms with E-state index in [2.05, 4.69) is 16.0 Å². The molecule has 10 heteroatoms. The number of hydrogen-bond donors (Lipinski definition) is 3. The summed E-state index contributed by atoms with van der Waals surface area (Å²) in [6.07, 6.45) is -3.18. The molecule has 1 unspecified atom stereocenters. The van der Waals surface area contributed by atoms with Crippen LogP contribution in [-0.4, -0.2) is 41.9 Å². The number of carbonyl (C=O) groups excluding carboxylic acids is 3. The largest absolute Gasteiger partial charge is 0.416 e. The molecule has 3 N–H and O–H groups in total. The van der Waals surface area contributed by atoms with Gasteiger partial charge in [0.1, 0.15) is 0 Å². The van der Waals surface area contributed by atoms with Crippen molar-refractivity contribution in [2.45, 2.75) is 32.0 Å². The molecule has 0 radical (unpaired) electrons. The Labute approximate surface area is 183 Å². The number of likely N-dealkylation sites (tertiary alicyclic amines) is 1. The van der Waals surface area contributed by atoms with Gasteiger partial charge in [-0.05, 0) is 49.7 Å². The number of anilines is 2. The lowest BCUT2D eigenvalue weighted by molar-refractivity contribution is -0.137. The number of alkyl halides is 3. The molecule has 0 bridgehead atoms. The molecule has 170 valence electrons. The van der Waals surface area contributed by atoms with Crippen LogP contribution >= 0.6 is 0 Å². The zero-order valence-corrected chi connectivity index (χ0v) is 17.3. The number of hydrogen-bond acceptors (Lipinski definition) is 3. The van der Waals surface area contributed by atoms with Crippen molar-refractivity contribution in [1.29, 1.82) is 0 Å². The Morgan fingerprint density at radius 1 is 1.06 bits per heavy atom. The van der Waals surface area contributed by atoms with Crippen LogP contribution in [0.3, 0.4) is 0 Å². The van der Waals surface area contributed by atoms with Crippen molar-refractivity contribution < 1.29 is 27.6 Å². The summed E-state index contributed by atoms with van der Waals surface area (Å²) >= 11 is 0. The van der Waals surface area contributed by atoms with E-state index in [1.54, 1.807) is 24.0 Å². The number of halogens is 3. The van der Waals surface area contributed by atoms with E-state index in [0.717, 1.165) is 18.6 Å². The molecule has 0 spiro atoms. The fourth-order valence-electron chi connectivity index (χ4n) is 3.38. The van der Waals surface area contributed by atoms with Crippen LogP contribution in [0.5, 0.6) is 0 Å². The quantitative estimate of drug-likeness (QED) is 0.622. The van der Waals surface area contributed by atoms with Crippen LogP contribution in [0.1, 0.15) is 35.7 Å². The predicted octanol–water partition coefficient (Wildman–Crippen LogP) is 4.09. The first-order valence-corrected chi connectivity index (χ1v) is 10.1. The first-order valence-electron chi connectivity index (χ1n) is 10.1. The van der Waals surface area contributed by atoms with Gasteiger partial charge in [-0.3, -0.25) is 9.59 Å². The minimum absolute atomic E-state index is 0.00575. The summed E-state index contributed by atoms with van der Waals surface area (Å²) in [4.78, 5) is 38.1. The highest BCUT2D eigenvalue weighted by molar-refractivity contribution is 6.05. The number of benzene rings is 2. The summed E-state index contributed by atoms with van der Waals surface area (Å²) in [7, 11) is 0. The van der Waals surface area contributed by atoms with Crippen LogP contribution in [-0.2, 0) is 11.0 Å². The van der Waals surface area contributed by atoms with Crippen LogP contribution < -0.4 is 16.0 Å². The molecule has 0 aliphatic carbocycles. The van der Waals surface area contributed by atoms with Gasteiger partial charge < -0.3 is 20.9 Å². The normalized spacial score (nSPS) is 14.8. The van der Waals surface area contributed by atoms with Gasteiger partial charge in [0.15, 0.2) is 0 Å². The van der Waals surface area contributed by atoms with E-state index in [1.165, 1.54) is 24.3 Å². The van der Waals surface area contributed by atoms with E-state index in [1.807, 2.05) is 0 Å². The van der Waals surface area contributed by atoms with E-state index in [9.17, 15) is 27.6 Å². The lowest BCUT2D eigenvalue weighted by atomic mass is 10.1. The third kappa shape index (κ3) is 6.22. The van der Waals surface area contributed by atoms with Gasteiger partial charge in [0.05, 0.1) is 5.56 Å². The van der Waals surface area contributed by atoms with Crippen molar-refractivity contribution >= 4 is 29.2 Å². The van der Waals surface area contributed by atoms with Crippen molar-refractivity contribution in [1.82, 2.24) is 10.2 Å². The smallest absolute Gasteiger partial charge is 0.341 e. The van der Waals surface area contributed by atoms with Gasteiger partial charge in [-0.2, -0.15) is 13.2 Å². The lowest BCUT2D eigenvalue weighted by Crippen LogP contribution is -2.44. The van der Waals surface area contributed by atoms with Gasteiger partial charge in [-0.25, -0.2) is 4.79 Å². The van der Waals surface area contributed by atoms with E-state index >= 15 is 0 Å². The molecule has 2 aromatic carbocycles. The van der Waals surface area contributed by atoms with Crippen LogP contribution in [0.15, 0.2) is 48.5 Å². The van der Waals surface area contributed by atoms with Crippen molar-refractivity contribution in [3.63, 3.8) is 0 Å². The molecule has 4 amide bonds. The maximum Gasteiger partial charge on any atom is 0.416 e. The Morgan fingerprint density at radius 3 is 2.41 bits per heavy atom. The average molecular weight is 448 g/mol. The molecular weight excluding hydrogens is 425 g/mol. The third-order valence-electron chi connectivity index (χ3n) is 4.87. The number of amides is 4. The molecule has 32 heavy (non-hydrogen) atoms. The lowest BCUT2D eigenvalue weighted by Gasteiger charge is -2.21. The molecule has 0 saturated carbocycles. The van der Waals surface area contributed by atoms with Crippen LogP contribution in [0.4, 0.5) is 29.3 Å². The van der Waals surface area contributed by atoms with Crippen LogP contribution in [0.25, 0.3) is 0 Å². The second-order valence-corrected chi connectivity index (χ2v) is 7.56. The number of nitrogens with one attached hydrogen (secondary N) is 3. The highest BCUT2D eigenvalue weighted by Crippen LogP contribution is 2.30. The van der Waals surface area contributed by atoms with Gasteiger partial charge in [0, 0.05) is 42.5 Å². The molecule has 0 aromatic heterocycles. The zero-order valence-electron chi connectivity index (χ0n) is 17.3. The summed E-state index contributed by atoms with van der Waals surface area (Å²) in [6.45, 7) is 2.87.